The van der Waals surface area contributed by atoms with Gasteiger partial charge in [-0.3, -0.25) is 13.9 Å². The van der Waals surface area contributed by atoms with Gasteiger partial charge in [0.2, 0.25) is 0 Å². The number of nitrogens with zero attached hydrogens (tertiary/aromatic N) is 3. The molecule has 0 bridgehead atoms. The maximum Gasteiger partial charge on any atom is 0.332 e. The first-order chi connectivity index (χ1) is 13.5. The van der Waals surface area contributed by atoms with Crippen molar-refractivity contribution >= 4 is 22.4 Å². The van der Waals surface area contributed by atoms with Gasteiger partial charge in [-0.25, -0.2) is 9.78 Å². The van der Waals surface area contributed by atoms with Gasteiger partial charge in [-0.1, -0.05) is 18.2 Å². The highest BCUT2D eigenvalue weighted by Gasteiger charge is 2.13. The Morgan fingerprint density at radius 1 is 0.857 bits per heavy atom. The van der Waals surface area contributed by atoms with Gasteiger partial charge in [0.25, 0.3) is 5.56 Å². The number of anilines is 2. The number of hydrogen-bond acceptors (Lipinski definition) is 5. The summed E-state index contributed by atoms with van der Waals surface area (Å²) in [5.74, 6) is 1.46. The van der Waals surface area contributed by atoms with Crippen molar-refractivity contribution in [3.05, 3.63) is 87.7 Å². The zero-order valence-electron chi connectivity index (χ0n) is 15.4. The lowest BCUT2D eigenvalue weighted by molar-refractivity contribution is 0.483. The van der Waals surface area contributed by atoms with E-state index in [1.54, 1.807) is 19.3 Å². The van der Waals surface area contributed by atoms with Crippen molar-refractivity contribution in [1.29, 1.82) is 0 Å². The lowest BCUT2D eigenvalue weighted by Gasteiger charge is -2.12. The Labute approximate surface area is 160 Å². The van der Waals surface area contributed by atoms with Gasteiger partial charge in [0.15, 0.2) is 5.65 Å². The van der Waals surface area contributed by atoms with Crippen LogP contribution in [0, 0.1) is 0 Å². The molecule has 0 saturated carbocycles. The summed E-state index contributed by atoms with van der Waals surface area (Å²) < 4.78 is 8.22. The van der Waals surface area contributed by atoms with Crippen LogP contribution in [-0.2, 0) is 14.1 Å². The number of pyridine rings is 1. The van der Waals surface area contributed by atoms with E-state index in [1.807, 2.05) is 54.6 Å². The van der Waals surface area contributed by atoms with E-state index in [0.717, 1.165) is 16.0 Å². The Balaban J connectivity index is 1.67. The molecule has 0 aliphatic carbocycles. The first-order valence-electron chi connectivity index (χ1n) is 8.69. The van der Waals surface area contributed by atoms with E-state index in [-0.39, 0.29) is 0 Å². The average Bonchev–Trinajstić information content (AvgIpc) is 2.73. The Morgan fingerprint density at radius 3 is 2.25 bits per heavy atom. The van der Waals surface area contributed by atoms with Crippen LogP contribution in [0.5, 0.6) is 11.5 Å². The molecule has 0 atom stereocenters. The van der Waals surface area contributed by atoms with Crippen molar-refractivity contribution in [2.75, 3.05) is 5.32 Å². The van der Waals surface area contributed by atoms with Crippen LogP contribution in [0.2, 0.25) is 0 Å². The molecule has 0 saturated heterocycles. The van der Waals surface area contributed by atoms with Gasteiger partial charge in [0.05, 0.1) is 5.69 Å². The molecular weight excluding hydrogens is 356 g/mol. The van der Waals surface area contributed by atoms with E-state index in [0.29, 0.717) is 22.5 Å². The van der Waals surface area contributed by atoms with Crippen molar-refractivity contribution < 1.29 is 4.74 Å². The predicted molar refractivity (Wildman–Crippen MR) is 108 cm³/mol. The van der Waals surface area contributed by atoms with Gasteiger partial charge in [0.1, 0.15) is 16.9 Å². The zero-order chi connectivity index (χ0) is 19.7. The van der Waals surface area contributed by atoms with Crippen LogP contribution >= 0.6 is 0 Å². The Bertz CT molecular complexity index is 1260. The zero-order valence-corrected chi connectivity index (χ0v) is 15.4. The highest BCUT2D eigenvalue weighted by atomic mass is 16.5. The molecule has 0 fully saturated rings. The second-order valence-electron chi connectivity index (χ2n) is 6.33. The molecule has 0 aliphatic heterocycles. The first-order valence-corrected chi connectivity index (χ1v) is 8.69. The highest BCUT2D eigenvalue weighted by Crippen LogP contribution is 2.26. The van der Waals surface area contributed by atoms with Gasteiger partial charge in [-0.05, 0) is 42.5 Å². The topological polar surface area (TPSA) is 78.2 Å². The molecule has 1 N–H and O–H groups in total. The van der Waals surface area contributed by atoms with Gasteiger partial charge >= 0.3 is 5.69 Å². The lowest BCUT2D eigenvalue weighted by Crippen LogP contribution is -2.37. The second-order valence-corrected chi connectivity index (χ2v) is 6.33. The number of hydrogen-bond donors (Lipinski definition) is 1. The summed E-state index contributed by atoms with van der Waals surface area (Å²) in [4.78, 5) is 28.9. The molecular formula is C21H18N4O3. The van der Waals surface area contributed by atoms with Crippen LogP contribution in [0.15, 0.2) is 76.4 Å². The second kappa shape index (κ2) is 7.03. The van der Waals surface area contributed by atoms with Crippen LogP contribution < -0.4 is 21.3 Å². The largest absolute Gasteiger partial charge is 0.457 e. The van der Waals surface area contributed by atoms with Crippen molar-refractivity contribution in [2.45, 2.75) is 0 Å². The normalized spacial score (nSPS) is 10.8. The van der Waals surface area contributed by atoms with E-state index in [9.17, 15) is 9.59 Å². The summed E-state index contributed by atoms with van der Waals surface area (Å²) in [6, 6.07) is 18.6. The fourth-order valence-corrected chi connectivity index (χ4v) is 2.98. The van der Waals surface area contributed by atoms with Crippen molar-refractivity contribution in [1.82, 2.24) is 14.1 Å². The monoisotopic (exact) mass is 374 g/mol. The summed E-state index contributed by atoms with van der Waals surface area (Å²) in [6.45, 7) is 0. The van der Waals surface area contributed by atoms with Crippen LogP contribution in [0.4, 0.5) is 11.4 Å². The minimum Gasteiger partial charge on any atom is -0.457 e. The number of fused-ring (bicyclic) bond motifs is 1. The summed E-state index contributed by atoms with van der Waals surface area (Å²) in [7, 11) is 3.05. The summed E-state index contributed by atoms with van der Waals surface area (Å²) in [5.41, 5.74) is 0.895. The van der Waals surface area contributed by atoms with E-state index >= 15 is 0 Å². The molecule has 4 rings (SSSR count). The molecule has 2 aromatic carbocycles. The molecule has 0 radical (unpaired) electrons. The fraction of sp³-hybridized carbons (Fsp3) is 0.0952. The molecule has 0 aliphatic rings. The number of ether oxygens (including phenoxy) is 1. The third-order valence-electron chi connectivity index (χ3n) is 4.45. The van der Waals surface area contributed by atoms with E-state index in [1.165, 1.54) is 11.6 Å². The smallest absolute Gasteiger partial charge is 0.332 e. The van der Waals surface area contributed by atoms with Crippen LogP contribution in [0.25, 0.3) is 11.0 Å². The van der Waals surface area contributed by atoms with Crippen LogP contribution in [0.1, 0.15) is 0 Å². The van der Waals surface area contributed by atoms with Gasteiger partial charge in [0, 0.05) is 26.0 Å². The highest BCUT2D eigenvalue weighted by molar-refractivity contribution is 5.90. The van der Waals surface area contributed by atoms with Crippen molar-refractivity contribution in [2.24, 2.45) is 14.1 Å². The number of rotatable bonds is 4. The molecule has 4 aromatic rings. The van der Waals surface area contributed by atoms with Gasteiger partial charge in [-0.15, -0.1) is 0 Å². The number of benzene rings is 2. The molecule has 0 unspecified atom stereocenters. The van der Waals surface area contributed by atoms with E-state index < -0.39 is 11.2 Å². The SMILES string of the molecule is Cn1c(=O)c2c(Nc3ccc(Oc4ccccc4)cc3)ccnc2n(C)c1=O. The first kappa shape index (κ1) is 17.5. The predicted octanol–water partition coefficient (Wildman–Crippen LogP) is 3.17. The Kier molecular flexibility index (Phi) is 4.41. The van der Waals surface area contributed by atoms with Gasteiger partial charge in [-0.2, -0.15) is 0 Å². The van der Waals surface area contributed by atoms with Crippen molar-refractivity contribution in [3.63, 3.8) is 0 Å². The molecule has 7 nitrogen and oxygen atoms in total. The number of aryl methyl sites for hydroxylation is 1. The fourth-order valence-electron chi connectivity index (χ4n) is 2.98. The maximum atomic E-state index is 12.6. The minimum atomic E-state index is -0.412. The average molecular weight is 374 g/mol. The number of aromatic nitrogens is 3. The lowest BCUT2D eigenvalue weighted by atomic mass is 10.2. The van der Waals surface area contributed by atoms with E-state index in [2.05, 4.69) is 10.3 Å². The maximum absolute atomic E-state index is 12.6. The number of para-hydroxylation sites is 1. The molecule has 2 aromatic heterocycles. The molecule has 28 heavy (non-hydrogen) atoms. The minimum absolute atomic E-state index is 0.335. The summed E-state index contributed by atoms with van der Waals surface area (Å²) in [5, 5.41) is 3.59. The third kappa shape index (κ3) is 3.14. The molecule has 140 valence electrons. The third-order valence-corrected chi connectivity index (χ3v) is 4.45. The van der Waals surface area contributed by atoms with Crippen LogP contribution in [-0.4, -0.2) is 14.1 Å². The molecule has 0 amide bonds. The van der Waals surface area contributed by atoms with Crippen LogP contribution in [0.3, 0.4) is 0 Å². The molecule has 7 heteroatoms. The summed E-state index contributed by atoms with van der Waals surface area (Å²) >= 11 is 0. The summed E-state index contributed by atoms with van der Waals surface area (Å²) in [6.07, 6.45) is 1.57. The quantitative estimate of drug-likeness (QED) is 0.594. The molecule has 2 heterocycles. The Morgan fingerprint density at radius 2 is 1.54 bits per heavy atom. The Hall–Kier alpha value is -3.87. The number of nitrogens with one attached hydrogen (secondary N) is 1. The van der Waals surface area contributed by atoms with Crippen molar-refractivity contribution in [3.8, 4) is 11.5 Å². The standard InChI is InChI=1S/C21H18N4O3/c1-24-19-18(20(26)25(2)21(24)27)17(12-13-22-19)23-14-8-10-16(11-9-14)28-15-6-4-3-5-7-15/h3-13H,1-2H3,(H,22,23). The molecule has 0 spiro atoms. The van der Waals surface area contributed by atoms with E-state index in [4.69, 9.17) is 4.74 Å². The van der Waals surface area contributed by atoms with Gasteiger partial charge < -0.3 is 10.1 Å².